The van der Waals surface area contributed by atoms with Gasteiger partial charge in [-0.25, -0.2) is 0 Å². The van der Waals surface area contributed by atoms with Crippen LogP contribution in [0.15, 0.2) is 42.5 Å². The second kappa shape index (κ2) is 7.12. The number of halogens is 2. The van der Waals surface area contributed by atoms with Gasteiger partial charge >= 0.3 is 0 Å². The van der Waals surface area contributed by atoms with Crippen LogP contribution in [0.25, 0.3) is 0 Å². The molecule has 0 bridgehead atoms. The number of benzene rings is 2. The van der Waals surface area contributed by atoms with E-state index >= 15 is 0 Å². The Labute approximate surface area is 132 Å². The van der Waals surface area contributed by atoms with Gasteiger partial charge in [-0.05, 0) is 65.5 Å². The fraction of sp³-hybridized carbons (Fsp3) is 0.200. The fourth-order valence-electron chi connectivity index (χ4n) is 1.70. The monoisotopic (exact) mass is 387 g/mol. The Bertz CT molecular complexity index is 560. The van der Waals surface area contributed by atoms with Crippen LogP contribution in [-0.4, -0.2) is 6.54 Å². The van der Waals surface area contributed by atoms with E-state index in [2.05, 4.69) is 34.8 Å². The van der Waals surface area contributed by atoms with Crippen LogP contribution in [0.5, 0.6) is 11.5 Å². The summed E-state index contributed by atoms with van der Waals surface area (Å²) in [6, 6.07) is 13.7. The predicted octanol–water partition coefficient (Wildman–Crippen LogP) is 4.85. The quantitative estimate of drug-likeness (QED) is 0.741. The SMILES string of the molecule is CCNCc1cc(Cl)ccc1Oc1cccc(I)c1. The minimum Gasteiger partial charge on any atom is -0.457 e. The molecule has 4 heteroatoms. The zero-order valence-corrected chi connectivity index (χ0v) is 13.5. The third-order valence-corrected chi connectivity index (χ3v) is 3.52. The van der Waals surface area contributed by atoms with E-state index in [9.17, 15) is 0 Å². The van der Waals surface area contributed by atoms with E-state index in [4.69, 9.17) is 16.3 Å². The van der Waals surface area contributed by atoms with Crippen LogP contribution in [0.4, 0.5) is 0 Å². The molecule has 19 heavy (non-hydrogen) atoms. The van der Waals surface area contributed by atoms with Crippen LogP contribution < -0.4 is 10.1 Å². The zero-order chi connectivity index (χ0) is 13.7. The molecule has 2 nitrogen and oxygen atoms in total. The zero-order valence-electron chi connectivity index (χ0n) is 10.6. The van der Waals surface area contributed by atoms with E-state index < -0.39 is 0 Å². The van der Waals surface area contributed by atoms with Crippen molar-refractivity contribution in [3.05, 3.63) is 56.6 Å². The van der Waals surface area contributed by atoms with Crippen LogP contribution >= 0.6 is 34.2 Å². The number of nitrogens with one attached hydrogen (secondary N) is 1. The number of hydrogen-bond acceptors (Lipinski definition) is 2. The van der Waals surface area contributed by atoms with Crippen molar-refractivity contribution in [2.75, 3.05) is 6.54 Å². The van der Waals surface area contributed by atoms with Gasteiger partial charge in [-0.15, -0.1) is 0 Å². The summed E-state index contributed by atoms with van der Waals surface area (Å²) < 4.78 is 7.09. The van der Waals surface area contributed by atoms with Crippen molar-refractivity contribution >= 4 is 34.2 Å². The molecule has 2 aromatic carbocycles. The summed E-state index contributed by atoms with van der Waals surface area (Å²) in [6.07, 6.45) is 0. The van der Waals surface area contributed by atoms with Crippen LogP contribution in [0.1, 0.15) is 12.5 Å². The van der Waals surface area contributed by atoms with Crippen molar-refractivity contribution in [2.24, 2.45) is 0 Å². The standard InChI is InChI=1S/C15H15ClINO/c1-2-18-10-11-8-12(16)6-7-15(11)19-14-5-3-4-13(17)9-14/h3-9,18H,2,10H2,1H3. The highest BCUT2D eigenvalue weighted by Crippen LogP contribution is 2.28. The van der Waals surface area contributed by atoms with Crippen molar-refractivity contribution in [1.82, 2.24) is 5.32 Å². The minimum absolute atomic E-state index is 0.725. The Morgan fingerprint density at radius 2 is 2.05 bits per heavy atom. The second-order valence-corrected chi connectivity index (χ2v) is 5.77. The van der Waals surface area contributed by atoms with Gasteiger partial charge in [0.25, 0.3) is 0 Å². The van der Waals surface area contributed by atoms with Gasteiger partial charge in [0.05, 0.1) is 0 Å². The van der Waals surface area contributed by atoms with Crippen LogP contribution in [0.3, 0.4) is 0 Å². The Kier molecular flexibility index (Phi) is 5.48. The Hall–Kier alpha value is -0.780. The third-order valence-electron chi connectivity index (χ3n) is 2.61. The summed E-state index contributed by atoms with van der Waals surface area (Å²) in [5, 5.41) is 4.01. The van der Waals surface area contributed by atoms with E-state index in [1.165, 1.54) is 0 Å². The predicted molar refractivity (Wildman–Crippen MR) is 88.1 cm³/mol. The molecule has 0 saturated carbocycles. The minimum atomic E-state index is 0.725. The summed E-state index contributed by atoms with van der Waals surface area (Å²) in [6.45, 7) is 3.73. The van der Waals surface area contributed by atoms with E-state index in [-0.39, 0.29) is 0 Å². The molecule has 0 heterocycles. The Balaban J connectivity index is 2.23. The molecule has 0 unspecified atom stereocenters. The summed E-state index contributed by atoms with van der Waals surface area (Å²) >= 11 is 8.31. The molecular formula is C15H15ClINO. The molecule has 0 aliphatic rings. The molecule has 100 valence electrons. The summed E-state index contributed by atoms with van der Waals surface area (Å²) in [5.41, 5.74) is 1.06. The van der Waals surface area contributed by atoms with Crippen LogP contribution in [-0.2, 0) is 6.54 Å². The molecule has 2 rings (SSSR count). The van der Waals surface area contributed by atoms with Crippen molar-refractivity contribution in [2.45, 2.75) is 13.5 Å². The van der Waals surface area contributed by atoms with Crippen molar-refractivity contribution < 1.29 is 4.74 Å². The third kappa shape index (κ3) is 4.37. The summed E-state index contributed by atoms with van der Waals surface area (Å²) in [7, 11) is 0. The lowest BCUT2D eigenvalue weighted by Gasteiger charge is -2.12. The number of ether oxygens (including phenoxy) is 1. The molecule has 2 aromatic rings. The molecule has 0 aliphatic carbocycles. The van der Waals surface area contributed by atoms with Crippen molar-refractivity contribution in [3.63, 3.8) is 0 Å². The second-order valence-electron chi connectivity index (χ2n) is 4.09. The fourth-order valence-corrected chi connectivity index (χ4v) is 2.41. The van der Waals surface area contributed by atoms with E-state index in [1.54, 1.807) is 0 Å². The van der Waals surface area contributed by atoms with Crippen LogP contribution in [0, 0.1) is 3.57 Å². The van der Waals surface area contributed by atoms with Gasteiger partial charge in [0.2, 0.25) is 0 Å². The molecule has 0 fully saturated rings. The van der Waals surface area contributed by atoms with Gasteiger partial charge in [-0.2, -0.15) is 0 Å². The molecular weight excluding hydrogens is 373 g/mol. The molecule has 0 spiro atoms. The highest BCUT2D eigenvalue weighted by molar-refractivity contribution is 14.1. The molecule has 0 aromatic heterocycles. The summed E-state index contributed by atoms with van der Waals surface area (Å²) in [5.74, 6) is 1.68. The first-order valence-electron chi connectivity index (χ1n) is 6.11. The van der Waals surface area contributed by atoms with Gasteiger partial charge < -0.3 is 10.1 Å². The first kappa shape index (κ1) is 14.6. The average molecular weight is 388 g/mol. The molecule has 1 N–H and O–H groups in total. The molecule has 0 radical (unpaired) electrons. The van der Waals surface area contributed by atoms with Crippen LogP contribution in [0.2, 0.25) is 5.02 Å². The molecule has 0 amide bonds. The normalized spacial score (nSPS) is 10.5. The maximum Gasteiger partial charge on any atom is 0.132 e. The Morgan fingerprint density at radius 1 is 1.21 bits per heavy atom. The van der Waals surface area contributed by atoms with Crippen molar-refractivity contribution in [3.8, 4) is 11.5 Å². The number of hydrogen-bond donors (Lipinski definition) is 1. The van der Waals surface area contributed by atoms with Crippen molar-refractivity contribution in [1.29, 1.82) is 0 Å². The van der Waals surface area contributed by atoms with Gasteiger partial charge in [-0.3, -0.25) is 0 Å². The molecule has 0 aliphatic heterocycles. The topological polar surface area (TPSA) is 21.3 Å². The number of rotatable bonds is 5. The van der Waals surface area contributed by atoms with Gasteiger partial charge in [0.1, 0.15) is 11.5 Å². The lowest BCUT2D eigenvalue weighted by Crippen LogP contribution is -2.12. The first-order valence-corrected chi connectivity index (χ1v) is 7.57. The lowest BCUT2D eigenvalue weighted by molar-refractivity contribution is 0.473. The van der Waals surface area contributed by atoms with E-state index in [0.717, 1.165) is 38.7 Å². The molecule has 0 atom stereocenters. The van der Waals surface area contributed by atoms with E-state index in [0.29, 0.717) is 0 Å². The highest BCUT2D eigenvalue weighted by Gasteiger charge is 2.06. The lowest BCUT2D eigenvalue weighted by atomic mass is 10.2. The average Bonchev–Trinajstić information content (AvgIpc) is 2.39. The van der Waals surface area contributed by atoms with Gasteiger partial charge in [-0.1, -0.05) is 24.6 Å². The molecule has 0 saturated heterocycles. The maximum absolute atomic E-state index is 6.04. The summed E-state index contributed by atoms with van der Waals surface area (Å²) in [4.78, 5) is 0. The highest BCUT2D eigenvalue weighted by atomic mass is 127. The van der Waals surface area contributed by atoms with E-state index in [1.807, 2.05) is 42.5 Å². The smallest absolute Gasteiger partial charge is 0.132 e. The first-order chi connectivity index (χ1) is 9.19. The Morgan fingerprint density at radius 3 is 2.79 bits per heavy atom. The largest absolute Gasteiger partial charge is 0.457 e. The van der Waals surface area contributed by atoms with Gasteiger partial charge in [0, 0.05) is 20.7 Å². The van der Waals surface area contributed by atoms with Gasteiger partial charge in [0.15, 0.2) is 0 Å². The maximum atomic E-state index is 6.04.